The van der Waals surface area contributed by atoms with Gasteiger partial charge in [0.2, 0.25) is 0 Å². The molecule has 4 N–H and O–H groups in total. The summed E-state index contributed by atoms with van der Waals surface area (Å²) in [7, 11) is 0. The highest BCUT2D eigenvalue weighted by Crippen LogP contribution is 2.09. The van der Waals surface area contributed by atoms with Gasteiger partial charge in [-0.2, -0.15) is 0 Å². The number of carbonyl (C=O) groups excluding carboxylic acids is 1. The number of nitrogens with zero attached hydrogens (tertiary/aromatic N) is 2. The van der Waals surface area contributed by atoms with E-state index in [4.69, 9.17) is 10.2 Å². The molecule has 2 amide bonds. The summed E-state index contributed by atoms with van der Waals surface area (Å²) in [5.74, 6) is -1.15. The van der Waals surface area contributed by atoms with Gasteiger partial charge in [0.05, 0.1) is 5.60 Å². The highest BCUT2D eigenvalue weighted by Gasteiger charge is 2.27. The molecule has 0 aromatic carbocycles. The van der Waals surface area contributed by atoms with Gasteiger partial charge >= 0.3 is 12.0 Å². The third-order valence-electron chi connectivity index (χ3n) is 3.28. The number of nitrogens with one attached hydrogen (secondary N) is 1. The van der Waals surface area contributed by atoms with Crippen molar-refractivity contribution in [3.05, 3.63) is 0 Å². The van der Waals surface area contributed by atoms with E-state index in [-0.39, 0.29) is 13.0 Å². The second-order valence-electron chi connectivity index (χ2n) is 5.93. The van der Waals surface area contributed by atoms with Gasteiger partial charge in [-0.15, -0.1) is 0 Å². The van der Waals surface area contributed by atoms with Crippen LogP contribution in [0.2, 0.25) is 0 Å². The van der Waals surface area contributed by atoms with Gasteiger partial charge in [0.25, 0.3) is 0 Å². The summed E-state index contributed by atoms with van der Waals surface area (Å²) < 4.78 is 0. The minimum atomic E-state index is -1.15. The van der Waals surface area contributed by atoms with Crippen LogP contribution in [-0.4, -0.2) is 88.1 Å². The fourth-order valence-electron chi connectivity index (χ4n) is 2.28. The lowest BCUT2D eigenvalue weighted by Crippen LogP contribution is -2.56. The summed E-state index contributed by atoms with van der Waals surface area (Å²) in [6.45, 7) is 5.93. The monoisotopic (exact) mass is 303 g/mol. The number of aliphatic carboxylic acids is 1. The summed E-state index contributed by atoms with van der Waals surface area (Å²) in [5.41, 5.74) is -0.778. The molecule has 1 atom stereocenters. The molecular weight excluding hydrogens is 278 g/mol. The minimum absolute atomic E-state index is 0.0141. The molecule has 1 saturated heterocycles. The molecule has 8 heteroatoms. The third-order valence-corrected chi connectivity index (χ3v) is 3.28. The fraction of sp³-hybridized carbons (Fsp3) is 0.846. The number of carbonyl (C=O) groups is 2. The number of aliphatic hydroxyl groups is 2. The Morgan fingerprint density at radius 3 is 2.24 bits per heavy atom. The first kappa shape index (κ1) is 17.7. The first-order chi connectivity index (χ1) is 9.73. The number of hydrogen-bond acceptors (Lipinski definition) is 5. The van der Waals surface area contributed by atoms with Crippen molar-refractivity contribution in [3.63, 3.8) is 0 Å². The van der Waals surface area contributed by atoms with Gasteiger partial charge in [0.15, 0.2) is 0 Å². The maximum atomic E-state index is 12.0. The van der Waals surface area contributed by atoms with Crippen LogP contribution in [0.3, 0.4) is 0 Å². The second kappa shape index (κ2) is 7.58. The average molecular weight is 303 g/mol. The van der Waals surface area contributed by atoms with Crippen LogP contribution in [0.5, 0.6) is 0 Å². The molecule has 1 unspecified atom stereocenters. The topological polar surface area (TPSA) is 113 Å². The average Bonchev–Trinajstić information content (AvgIpc) is 2.36. The molecule has 0 aromatic rings. The Morgan fingerprint density at radius 2 is 1.81 bits per heavy atom. The largest absolute Gasteiger partial charge is 0.480 e. The number of carboxylic acid groups (broad SMARTS) is 1. The van der Waals surface area contributed by atoms with E-state index < -0.39 is 23.6 Å². The van der Waals surface area contributed by atoms with Gasteiger partial charge in [-0.25, -0.2) is 9.59 Å². The predicted molar refractivity (Wildman–Crippen MR) is 76.0 cm³/mol. The van der Waals surface area contributed by atoms with Crippen LogP contribution in [0.15, 0.2) is 0 Å². The number of carboxylic acids is 1. The third kappa shape index (κ3) is 6.28. The molecule has 1 rings (SSSR count). The normalized spacial score (nSPS) is 18.4. The molecule has 0 aliphatic carbocycles. The Balaban J connectivity index is 2.42. The molecule has 1 aliphatic rings. The van der Waals surface area contributed by atoms with E-state index in [0.717, 1.165) is 0 Å². The zero-order chi connectivity index (χ0) is 16.0. The van der Waals surface area contributed by atoms with Crippen LogP contribution < -0.4 is 5.32 Å². The number of amides is 2. The van der Waals surface area contributed by atoms with E-state index in [1.165, 1.54) is 0 Å². The SMILES string of the molecule is CC(C)(O)CN1CCN(C(=O)NC(CCO)C(=O)O)CC1. The molecule has 1 heterocycles. The number of piperazine rings is 1. The standard InChI is InChI=1S/C13H25N3O5/c1-13(2,21)9-15-4-6-16(7-5-15)12(20)14-10(3-8-17)11(18)19/h10,17,21H,3-9H2,1-2H3,(H,14,20)(H,18,19). The van der Waals surface area contributed by atoms with Crippen molar-refractivity contribution in [2.75, 3.05) is 39.3 Å². The molecule has 0 bridgehead atoms. The van der Waals surface area contributed by atoms with Gasteiger partial charge in [-0.3, -0.25) is 4.90 Å². The highest BCUT2D eigenvalue weighted by atomic mass is 16.4. The molecule has 0 saturated carbocycles. The Bertz CT molecular complexity index is 361. The Kier molecular flexibility index (Phi) is 6.38. The molecule has 0 radical (unpaired) electrons. The summed E-state index contributed by atoms with van der Waals surface area (Å²) in [4.78, 5) is 26.5. The number of hydrogen-bond donors (Lipinski definition) is 4. The minimum Gasteiger partial charge on any atom is -0.480 e. The maximum absolute atomic E-state index is 12.0. The summed E-state index contributed by atoms with van der Waals surface area (Å²) in [6.07, 6.45) is -0.0141. The Morgan fingerprint density at radius 1 is 1.24 bits per heavy atom. The van der Waals surface area contributed by atoms with Gasteiger partial charge in [-0.05, 0) is 13.8 Å². The Labute approximate surface area is 124 Å². The van der Waals surface area contributed by atoms with Crippen molar-refractivity contribution in [3.8, 4) is 0 Å². The number of urea groups is 1. The van der Waals surface area contributed by atoms with E-state index in [0.29, 0.717) is 32.7 Å². The predicted octanol–water partition coefficient (Wildman–Crippen LogP) is -1.08. The molecule has 1 fully saturated rings. The molecule has 122 valence electrons. The van der Waals surface area contributed by atoms with Gasteiger partial charge < -0.3 is 25.5 Å². The van der Waals surface area contributed by atoms with Crippen molar-refractivity contribution in [1.29, 1.82) is 0 Å². The van der Waals surface area contributed by atoms with Crippen LogP contribution in [0.1, 0.15) is 20.3 Å². The number of β-amino-alcohol motifs (C(OH)–C–C–N with tert-alkyl or cyclic N) is 1. The molecule has 1 aliphatic heterocycles. The van der Waals surface area contributed by atoms with E-state index in [2.05, 4.69) is 10.2 Å². The van der Waals surface area contributed by atoms with Crippen molar-refractivity contribution >= 4 is 12.0 Å². The zero-order valence-corrected chi connectivity index (χ0v) is 12.6. The van der Waals surface area contributed by atoms with Gasteiger partial charge in [-0.1, -0.05) is 0 Å². The van der Waals surface area contributed by atoms with Crippen molar-refractivity contribution in [2.24, 2.45) is 0 Å². The zero-order valence-electron chi connectivity index (χ0n) is 12.6. The van der Waals surface area contributed by atoms with Gasteiger partial charge in [0, 0.05) is 45.8 Å². The molecule has 0 spiro atoms. The van der Waals surface area contributed by atoms with E-state index in [9.17, 15) is 14.7 Å². The molecule has 8 nitrogen and oxygen atoms in total. The first-order valence-corrected chi connectivity index (χ1v) is 7.07. The summed E-state index contributed by atoms with van der Waals surface area (Å²) in [5, 5.41) is 29.9. The lowest BCUT2D eigenvalue weighted by molar-refractivity contribution is -0.139. The quantitative estimate of drug-likeness (QED) is 0.496. The van der Waals surface area contributed by atoms with Crippen LogP contribution >= 0.6 is 0 Å². The lowest BCUT2D eigenvalue weighted by atomic mass is 10.1. The highest BCUT2D eigenvalue weighted by molar-refractivity contribution is 5.82. The smallest absolute Gasteiger partial charge is 0.326 e. The number of rotatable bonds is 6. The first-order valence-electron chi connectivity index (χ1n) is 7.07. The number of aliphatic hydroxyl groups excluding tert-OH is 1. The Hall–Kier alpha value is -1.38. The van der Waals surface area contributed by atoms with Crippen LogP contribution in [0, 0.1) is 0 Å². The summed E-state index contributed by atoms with van der Waals surface area (Å²) >= 11 is 0. The molecule has 21 heavy (non-hydrogen) atoms. The van der Waals surface area contributed by atoms with Crippen LogP contribution in [-0.2, 0) is 4.79 Å². The van der Waals surface area contributed by atoms with Crippen LogP contribution in [0.25, 0.3) is 0 Å². The maximum Gasteiger partial charge on any atom is 0.326 e. The van der Waals surface area contributed by atoms with Crippen LogP contribution in [0.4, 0.5) is 4.79 Å². The van der Waals surface area contributed by atoms with E-state index in [1.807, 2.05) is 0 Å². The second-order valence-corrected chi connectivity index (χ2v) is 5.93. The van der Waals surface area contributed by atoms with Crippen molar-refractivity contribution in [2.45, 2.75) is 31.9 Å². The fourth-order valence-corrected chi connectivity index (χ4v) is 2.28. The van der Waals surface area contributed by atoms with E-state index in [1.54, 1.807) is 18.7 Å². The molecule has 0 aromatic heterocycles. The summed E-state index contributed by atoms with van der Waals surface area (Å²) in [6, 6.07) is -1.50. The lowest BCUT2D eigenvalue weighted by Gasteiger charge is -2.37. The van der Waals surface area contributed by atoms with Gasteiger partial charge in [0.1, 0.15) is 6.04 Å². The van der Waals surface area contributed by atoms with Crippen molar-refractivity contribution < 1.29 is 24.9 Å². The van der Waals surface area contributed by atoms with E-state index >= 15 is 0 Å². The van der Waals surface area contributed by atoms with Crippen molar-refractivity contribution in [1.82, 2.24) is 15.1 Å². The molecular formula is C13H25N3O5.